The molecular formula is C14H13N3OS. The maximum Gasteiger partial charge on any atom is 0.186 e. The number of morpholine rings is 1. The van der Waals surface area contributed by atoms with E-state index in [-0.39, 0.29) is 0 Å². The van der Waals surface area contributed by atoms with Crippen LogP contribution in [0.5, 0.6) is 0 Å². The van der Waals surface area contributed by atoms with Gasteiger partial charge in [0.05, 0.1) is 29.7 Å². The van der Waals surface area contributed by atoms with E-state index in [4.69, 9.17) is 10.00 Å². The summed E-state index contributed by atoms with van der Waals surface area (Å²) in [5.41, 5.74) is 1.79. The highest BCUT2D eigenvalue weighted by atomic mass is 32.1. The quantitative estimate of drug-likeness (QED) is 0.842. The Hall–Kier alpha value is -1.90. The Morgan fingerprint density at radius 2 is 1.95 bits per heavy atom. The lowest BCUT2D eigenvalue weighted by Gasteiger charge is -2.25. The van der Waals surface area contributed by atoms with Gasteiger partial charge in [0.15, 0.2) is 5.13 Å². The molecule has 19 heavy (non-hydrogen) atoms. The van der Waals surface area contributed by atoms with Gasteiger partial charge in [0.2, 0.25) is 0 Å². The van der Waals surface area contributed by atoms with Crippen molar-refractivity contribution in [2.75, 3.05) is 31.2 Å². The predicted molar refractivity (Wildman–Crippen MR) is 75.3 cm³/mol. The van der Waals surface area contributed by atoms with Gasteiger partial charge in [-0.2, -0.15) is 5.26 Å². The molecule has 0 N–H and O–H groups in total. The molecule has 0 unspecified atom stereocenters. The second-order valence-corrected chi connectivity index (χ2v) is 5.30. The molecule has 0 bridgehead atoms. The smallest absolute Gasteiger partial charge is 0.186 e. The van der Waals surface area contributed by atoms with E-state index >= 15 is 0 Å². The van der Waals surface area contributed by atoms with E-state index in [9.17, 15) is 0 Å². The van der Waals surface area contributed by atoms with Crippen LogP contribution < -0.4 is 4.90 Å². The zero-order valence-corrected chi connectivity index (χ0v) is 11.2. The minimum absolute atomic E-state index is 0.682. The van der Waals surface area contributed by atoms with Crippen molar-refractivity contribution < 1.29 is 4.74 Å². The Bertz CT molecular complexity index is 594. The average molecular weight is 271 g/mol. The van der Waals surface area contributed by atoms with Crippen molar-refractivity contribution in [1.29, 1.82) is 5.26 Å². The molecule has 4 nitrogen and oxygen atoms in total. The minimum atomic E-state index is 0.682. The van der Waals surface area contributed by atoms with Crippen LogP contribution in [0.3, 0.4) is 0 Å². The normalized spacial score (nSPS) is 15.2. The molecule has 2 aromatic rings. The van der Waals surface area contributed by atoms with Gasteiger partial charge >= 0.3 is 0 Å². The van der Waals surface area contributed by atoms with E-state index in [1.165, 1.54) is 0 Å². The summed E-state index contributed by atoms with van der Waals surface area (Å²) in [6.45, 7) is 3.35. The molecule has 5 heteroatoms. The topological polar surface area (TPSA) is 49.2 Å². The van der Waals surface area contributed by atoms with Crippen LogP contribution in [-0.2, 0) is 4.74 Å². The number of hydrogen-bond acceptors (Lipinski definition) is 5. The SMILES string of the molecule is N#Cc1ccc(-c2cnc(N3CCOCC3)s2)cc1. The highest BCUT2D eigenvalue weighted by Crippen LogP contribution is 2.31. The lowest BCUT2D eigenvalue weighted by Crippen LogP contribution is -2.36. The van der Waals surface area contributed by atoms with Crippen molar-refractivity contribution in [1.82, 2.24) is 4.98 Å². The van der Waals surface area contributed by atoms with Crippen LogP contribution in [0.1, 0.15) is 5.56 Å². The lowest BCUT2D eigenvalue weighted by atomic mass is 10.1. The van der Waals surface area contributed by atoms with Crippen molar-refractivity contribution >= 4 is 16.5 Å². The van der Waals surface area contributed by atoms with Gasteiger partial charge in [-0.15, -0.1) is 0 Å². The van der Waals surface area contributed by atoms with Gasteiger partial charge in [-0.05, 0) is 17.7 Å². The fraction of sp³-hybridized carbons (Fsp3) is 0.286. The highest BCUT2D eigenvalue weighted by Gasteiger charge is 2.15. The van der Waals surface area contributed by atoms with Gasteiger partial charge in [-0.1, -0.05) is 23.5 Å². The van der Waals surface area contributed by atoms with E-state index in [1.807, 2.05) is 30.5 Å². The third-order valence-electron chi connectivity index (χ3n) is 3.07. The van der Waals surface area contributed by atoms with Gasteiger partial charge in [0.1, 0.15) is 0 Å². The van der Waals surface area contributed by atoms with Gasteiger partial charge in [0.25, 0.3) is 0 Å². The van der Waals surface area contributed by atoms with E-state index < -0.39 is 0 Å². The van der Waals surface area contributed by atoms with Gasteiger partial charge in [-0.3, -0.25) is 0 Å². The fourth-order valence-corrected chi connectivity index (χ4v) is 2.98. The summed E-state index contributed by atoms with van der Waals surface area (Å²) >= 11 is 1.68. The Kier molecular flexibility index (Phi) is 3.45. The molecule has 1 aliphatic rings. The number of ether oxygens (including phenoxy) is 1. The number of hydrogen-bond donors (Lipinski definition) is 0. The molecule has 0 spiro atoms. The predicted octanol–water partition coefficient (Wildman–Crippen LogP) is 2.52. The Balaban J connectivity index is 1.81. The fourth-order valence-electron chi connectivity index (χ4n) is 2.01. The average Bonchev–Trinajstić information content (AvgIpc) is 2.98. The molecule has 0 amide bonds. The molecule has 0 radical (unpaired) electrons. The van der Waals surface area contributed by atoms with Gasteiger partial charge < -0.3 is 9.64 Å². The summed E-state index contributed by atoms with van der Waals surface area (Å²) < 4.78 is 5.34. The molecule has 0 aliphatic carbocycles. The maximum absolute atomic E-state index is 8.80. The van der Waals surface area contributed by atoms with Crippen LogP contribution in [0.4, 0.5) is 5.13 Å². The molecule has 1 aromatic carbocycles. The van der Waals surface area contributed by atoms with Crippen molar-refractivity contribution in [3.8, 4) is 16.5 Å². The number of benzene rings is 1. The summed E-state index contributed by atoms with van der Waals surface area (Å²) in [7, 11) is 0. The third-order valence-corrected chi connectivity index (χ3v) is 4.18. The van der Waals surface area contributed by atoms with Crippen molar-refractivity contribution in [2.45, 2.75) is 0 Å². The minimum Gasteiger partial charge on any atom is -0.378 e. The summed E-state index contributed by atoms with van der Waals surface area (Å²) in [6.07, 6.45) is 1.90. The van der Waals surface area contributed by atoms with Gasteiger partial charge in [-0.25, -0.2) is 4.98 Å². The number of nitriles is 1. The summed E-state index contributed by atoms with van der Waals surface area (Å²) in [6, 6.07) is 9.74. The summed E-state index contributed by atoms with van der Waals surface area (Å²) in [5, 5.41) is 9.84. The van der Waals surface area contributed by atoms with E-state index in [2.05, 4.69) is 16.0 Å². The van der Waals surface area contributed by atoms with E-state index in [0.29, 0.717) is 5.56 Å². The van der Waals surface area contributed by atoms with Crippen molar-refractivity contribution in [3.63, 3.8) is 0 Å². The van der Waals surface area contributed by atoms with Crippen molar-refractivity contribution in [2.24, 2.45) is 0 Å². The number of aromatic nitrogens is 1. The lowest BCUT2D eigenvalue weighted by molar-refractivity contribution is 0.122. The second kappa shape index (κ2) is 5.39. The third kappa shape index (κ3) is 2.60. The molecule has 0 atom stereocenters. The first-order valence-corrected chi connectivity index (χ1v) is 6.97. The van der Waals surface area contributed by atoms with E-state index in [0.717, 1.165) is 41.9 Å². The number of thiazole rings is 1. The highest BCUT2D eigenvalue weighted by molar-refractivity contribution is 7.18. The van der Waals surface area contributed by atoms with Crippen LogP contribution in [0.25, 0.3) is 10.4 Å². The molecule has 1 saturated heterocycles. The van der Waals surface area contributed by atoms with Crippen LogP contribution in [0.2, 0.25) is 0 Å². The largest absolute Gasteiger partial charge is 0.378 e. The van der Waals surface area contributed by atoms with Crippen LogP contribution in [-0.4, -0.2) is 31.3 Å². The zero-order valence-electron chi connectivity index (χ0n) is 10.4. The Morgan fingerprint density at radius 3 is 2.63 bits per heavy atom. The monoisotopic (exact) mass is 271 g/mol. The van der Waals surface area contributed by atoms with Crippen LogP contribution in [0.15, 0.2) is 30.5 Å². The maximum atomic E-state index is 8.80. The molecule has 96 valence electrons. The van der Waals surface area contributed by atoms with Crippen LogP contribution >= 0.6 is 11.3 Å². The van der Waals surface area contributed by atoms with Gasteiger partial charge in [0, 0.05) is 19.3 Å². The van der Waals surface area contributed by atoms with E-state index in [1.54, 1.807) is 11.3 Å². The molecule has 3 rings (SSSR count). The summed E-state index contributed by atoms with van der Waals surface area (Å²) in [5.74, 6) is 0. The number of anilines is 1. The summed E-state index contributed by atoms with van der Waals surface area (Å²) in [4.78, 5) is 7.86. The van der Waals surface area contributed by atoms with Crippen LogP contribution in [0, 0.1) is 11.3 Å². The molecule has 2 heterocycles. The molecule has 1 fully saturated rings. The first-order chi connectivity index (χ1) is 9.36. The Labute approximate surface area is 115 Å². The molecule has 1 aromatic heterocycles. The zero-order chi connectivity index (χ0) is 13.1. The first-order valence-electron chi connectivity index (χ1n) is 6.16. The molecular weight excluding hydrogens is 258 g/mol. The first kappa shape index (κ1) is 12.2. The molecule has 1 aliphatic heterocycles. The second-order valence-electron chi connectivity index (χ2n) is 4.30. The standard InChI is InChI=1S/C14H13N3OS/c15-9-11-1-3-12(4-2-11)13-10-16-14(19-13)17-5-7-18-8-6-17/h1-4,10H,5-8H2. The van der Waals surface area contributed by atoms with Crippen molar-refractivity contribution in [3.05, 3.63) is 36.0 Å². The number of rotatable bonds is 2. The number of nitrogens with zero attached hydrogens (tertiary/aromatic N) is 3. The Morgan fingerprint density at radius 1 is 1.21 bits per heavy atom. The molecule has 0 saturated carbocycles.